The van der Waals surface area contributed by atoms with Crippen molar-refractivity contribution in [3.8, 4) is 0 Å². The summed E-state index contributed by atoms with van der Waals surface area (Å²) in [5.41, 5.74) is 0. The van der Waals surface area contributed by atoms with Gasteiger partial charge in [-0.3, -0.25) is 0 Å². The SMILES string of the molecule is COC(C(COCC1CO1)OCC1CO1)C(O)C(O)CO. The van der Waals surface area contributed by atoms with Gasteiger partial charge in [-0.1, -0.05) is 0 Å². The number of ether oxygens (including phenoxy) is 5. The Bertz CT molecular complexity index is 294. The number of hydrogen-bond acceptors (Lipinski definition) is 8. The molecule has 0 aromatic carbocycles. The molecule has 0 bridgehead atoms. The van der Waals surface area contributed by atoms with E-state index < -0.39 is 31.0 Å². The minimum Gasteiger partial charge on any atom is -0.394 e. The smallest absolute Gasteiger partial charge is 0.114 e. The van der Waals surface area contributed by atoms with Crippen LogP contribution in [0.1, 0.15) is 0 Å². The van der Waals surface area contributed by atoms with Gasteiger partial charge in [0.2, 0.25) is 0 Å². The third-order valence-corrected chi connectivity index (χ3v) is 3.44. The van der Waals surface area contributed by atoms with E-state index in [-0.39, 0.29) is 18.8 Å². The van der Waals surface area contributed by atoms with Crippen molar-refractivity contribution in [3.05, 3.63) is 0 Å². The number of aliphatic hydroxyl groups is 3. The van der Waals surface area contributed by atoms with Gasteiger partial charge >= 0.3 is 0 Å². The zero-order valence-electron chi connectivity index (χ0n) is 12.1. The van der Waals surface area contributed by atoms with Crippen LogP contribution in [0.25, 0.3) is 0 Å². The minimum atomic E-state index is -1.30. The molecular weight excluding hydrogens is 284 g/mol. The predicted octanol–water partition coefficient (Wildman–Crippen LogP) is -2.09. The summed E-state index contributed by atoms with van der Waals surface area (Å²) in [6, 6.07) is 0. The fourth-order valence-corrected chi connectivity index (χ4v) is 1.95. The first-order valence-corrected chi connectivity index (χ1v) is 7.08. The van der Waals surface area contributed by atoms with E-state index in [1.807, 2.05) is 0 Å². The van der Waals surface area contributed by atoms with Crippen LogP contribution in [0.3, 0.4) is 0 Å². The van der Waals surface area contributed by atoms with E-state index in [1.54, 1.807) is 0 Å². The first-order chi connectivity index (χ1) is 10.2. The minimum absolute atomic E-state index is 0.0664. The van der Waals surface area contributed by atoms with E-state index in [0.717, 1.165) is 0 Å². The Labute approximate surface area is 123 Å². The summed E-state index contributed by atoms with van der Waals surface area (Å²) in [7, 11) is 1.41. The molecule has 6 atom stereocenters. The van der Waals surface area contributed by atoms with Crippen LogP contribution >= 0.6 is 0 Å². The first kappa shape index (κ1) is 17.0. The number of epoxide rings is 2. The van der Waals surface area contributed by atoms with E-state index in [1.165, 1.54) is 7.11 Å². The van der Waals surface area contributed by atoms with E-state index in [0.29, 0.717) is 26.4 Å². The molecule has 2 heterocycles. The topological polar surface area (TPSA) is 113 Å². The van der Waals surface area contributed by atoms with Gasteiger partial charge < -0.3 is 39.0 Å². The van der Waals surface area contributed by atoms with Gasteiger partial charge in [-0.15, -0.1) is 0 Å². The molecule has 2 fully saturated rings. The second-order valence-electron chi connectivity index (χ2n) is 5.26. The van der Waals surface area contributed by atoms with Crippen LogP contribution in [-0.4, -0.2) is 98.7 Å². The van der Waals surface area contributed by atoms with Crippen LogP contribution in [0.5, 0.6) is 0 Å². The molecule has 2 aliphatic rings. The summed E-state index contributed by atoms with van der Waals surface area (Å²) >= 11 is 0. The van der Waals surface area contributed by atoms with Gasteiger partial charge in [0.05, 0.1) is 39.6 Å². The first-order valence-electron chi connectivity index (χ1n) is 7.08. The molecule has 0 amide bonds. The quantitative estimate of drug-likeness (QED) is 0.352. The highest BCUT2D eigenvalue weighted by molar-refractivity contribution is 4.84. The lowest BCUT2D eigenvalue weighted by atomic mass is 10.0. The lowest BCUT2D eigenvalue weighted by Gasteiger charge is -2.31. The molecule has 3 N–H and O–H groups in total. The van der Waals surface area contributed by atoms with Crippen molar-refractivity contribution in [1.82, 2.24) is 0 Å². The molecule has 8 heteroatoms. The number of methoxy groups -OCH3 is 1. The van der Waals surface area contributed by atoms with Gasteiger partial charge in [0, 0.05) is 7.11 Å². The zero-order valence-corrected chi connectivity index (χ0v) is 12.1. The monoisotopic (exact) mass is 308 g/mol. The summed E-state index contributed by atoms with van der Waals surface area (Å²) in [6.45, 7) is 1.81. The molecular formula is C13H24O8. The van der Waals surface area contributed by atoms with Gasteiger partial charge in [0.15, 0.2) is 0 Å². The lowest BCUT2D eigenvalue weighted by molar-refractivity contribution is -0.160. The molecule has 6 unspecified atom stereocenters. The van der Waals surface area contributed by atoms with Crippen LogP contribution in [0.2, 0.25) is 0 Å². The summed E-state index contributed by atoms with van der Waals surface area (Å²) in [5, 5.41) is 28.5. The van der Waals surface area contributed by atoms with Crippen molar-refractivity contribution in [2.45, 2.75) is 36.6 Å². The van der Waals surface area contributed by atoms with Crippen LogP contribution < -0.4 is 0 Å². The summed E-state index contributed by atoms with van der Waals surface area (Å²) in [4.78, 5) is 0. The Morgan fingerprint density at radius 2 is 1.76 bits per heavy atom. The third kappa shape index (κ3) is 5.76. The second-order valence-corrected chi connectivity index (χ2v) is 5.26. The highest BCUT2D eigenvalue weighted by Crippen LogP contribution is 2.17. The van der Waals surface area contributed by atoms with E-state index in [2.05, 4.69) is 0 Å². The molecule has 2 aliphatic heterocycles. The predicted molar refractivity (Wildman–Crippen MR) is 69.9 cm³/mol. The number of aliphatic hydroxyl groups excluding tert-OH is 3. The summed E-state index contributed by atoms with van der Waals surface area (Å²) in [5.74, 6) is 0. The Balaban J connectivity index is 1.84. The molecule has 124 valence electrons. The van der Waals surface area contributed by atoms with Gasteiger partial charge in [-0.2, -0.15) is 0 Å². The molecule has 0 saturated carbocycles. The van der Waals surface area contributed by atoms with Crippen molar-refractivity contribution in [1.29, 1.82) is 0 Å². The van der Waals surface area contributed by atoms with Crippen molar-refractivity contribution in [3.63, 3.8) is 0 Å². The summed E-state index contributed by atoms with van der Waals surface area (Å²) < 4.78 is 26.5. The van der Waals surface area contributed by atoms with E-state index >= 15 is 0 Å². The normalized spacial score (nSPS) is 29.7. The van der Waals surface area contributed by atoms with Crippen molar-refractivity contribution >= 4 is 0 Å². The molecule has 0 aromatic rings. The van der Waals surface area contributed by atoms with E-state index in [4.69, 9.17) is 28.8 Å². The standard InChI is InChI=1S/C13H24O8/c1-17-13(12(16)10(15)2-14)11(21-6-9-5-20-9)7-18-3-8-4-19-8/h8-16H,2-7H2,1H3. The molecule has 21 heavy (non-hydrogen) atoms. The largest absolute Gasteiger partial charge is 0.394 e. The Kier molecular flexibility index (Phi) is 6.77. The molecule has 0 spiro atoms. The molecule has 0 aliphatic carbocycles. The van der Waals surface area contributed by atoms with Crippen molar-refractivity contribution in [2.24, 2.45) is 0 Å². The molecule has 8 nitrogen and oxygen atoms in total. The lowest BCUT2D eigenvalue weighted by Crippen LogP contribution is -2.49. The fraction of sp³-hybridized carbons (Fsp3) is 1.00. The second kappa shape index (κ2) is 8.35. The van der Waals surface area contributed by atoms with Crippen LogP contribution in [0, 0.1) is 0 Å². The van der Waals surface area contributed by atoms with Crippen molar-refractivity contribution in [2.75, 3.05) is 46.8 Å². The van der Waals surface area contributed by atoms with Gasteiger partial charge in [0.25, 0.3) is 0 Å². The number of rotatable bonds is 12. The third-order valence-electron chi connectivity index (χ3n) is 3.44. The zero-order chi connectivity index (χ0) is 15.2. The van der Waals surface area contributed by atoms with Crippen molar-refractivity contribution < 1.29 is 39.0 Å². The van der Waals surface area contributed by atoms with Gasteiger partial charge in [-0.25, -0.2) is 0 Å². The highest BCUT2D eigenvalue weighted by Gasteiger charge is 2.36. The van der Waals surface area contributed by atoms with Gasteiger partial charge in [-0.05, 0) is 0 Å². The highest BCUT2D eigenvalue weighted by atomic mass is 16.6. The molecule has 0 radical (unpaired) electrons. The fourth-order valence-electron chi connectivity index (χ4n) is 1.95. The Morgan fingerprint density at radius 3 is 2.29 bits per heavy atom. The maximum atomic E-state index is 10.0. The van der Waals surface area contributed by atoms with E-state index in [9.17, 15) is 10.2 Å². The maximum absolute atomic E-state index is 10.0. The summed E-state index contributed by atoms with van der Waals surface area (Å²) in [6.07, 6.45) is -3.76. The Morgan fingerprint density at radius 1 is 1.14 bits per heavy atom. The van der Waals surface area contributed by atoms with Crippen LogP contribution in [0.15, 0.2) is 0 Å². The van der Waals surface area contributed by atoms with Gasteiger partial charge in [0.1, 0.15) is 36.6 Å². The number of hydrogen-bond donors (Lipinski definition) is 3. The van der Waals surface area contributed by atoms with Crippen LogP contribution in [-0.2, 0) is 23.7 Å². The molecule has 2 rings (SSSR count). The average molecular weight is 308 g/mol. The average Bonchev–Trinajstić information content (AvgIpc) is 3.37. The van der Waals surface area contributed by atoms with Crippen LogP contribution in [0.4, 0.5) is 0 Å². The molecule has 2 saturated heterocycles. The molecule has 0 aromatic heterocycles. The Hall–Kier alpha value is -0.320. The maximum Gasteiger partial charge on any atom is 0.114 e.